The van der Waals surface area contributed by atoms with E-state index in [-0.39, 0.29) is 4.90 Å². The van der Waals surface area contributed by atoms with Crippen LogP contribution in [0.25, 0.3) is 0 Å². The van der Waals surface area contributed by atoms with Crippen LogP contribution in [0.1, 0.15) is 44.6 Å². The predicted molar refractivity (Wildman–Crippen MR) is 97.5 cm³/mol. The van der Waals surface area contributed by atoms with Crippen LogP contribution < -0.4 is 15.4 Å². The van der Waals surface area contributed by atoms with Crippen LogP contribution in [0.3, 0.4) is 0 Å². The molecule has 3 N–H and O–H groups in total. The first-order valence-corrected chi connectivity index (χ1v) is 10.1. The van der Waals surface area contributed by atoms with E-state index in [1.807, 2.05) is 0 Å². The highest BCUT2D eigenvalue weighted by molar-refractivity contribution is 7.89. The maximum Gasteiger partial charge on any atom is 0.240 e. The van der Waals surface area contributed by atoms with Crippen LogP contribution in [0.5, 0.6) is 0 Å². The molecule has 1 aliphatic rings. The molecule has 0 bridgehead atoms. The van der Waals surface area contributed by atoms with Gasteiger partial charge in [0.25, 0.3) is 0 Å². The van der Waals surface area contributed by atoms with Gasteiger partial charge < -0.3 is 10.6 Å². The third-order valence-corrected chi connectivity index (χ3v) is 5.64. The van der Waals surface area contributed by atoms with Crippen LogP contribution in [0, 0.1) is 0 Å². The summed E-state index contributed by atoms with van der Waals surface area (Å²) in [5, 5.41) is 6.78. The molecular formula is C17H28N4O2S. The summed E-state index contributed by atoms with van der Waals surface area (Å²) in [6.45, 7) is 3.38. The number of hydrogen-bond donors (Lipinski definition) is 3. The second-order valence-electron chi connectivity index (χ2n) is 6.03. The summed E-state index contributed by atoms with van der Waals surface area (Å²) >= 11 is 0. The van der Waals surface area contributed by atoms with Gasteiger partial charge in [-0.15, -0.1) is 0 Å². The van der Waals surface area contributed by atoms with Crippen molar-refractivity contribution >= 4 is 16.0 Å². The van der Waals surface area contributed by atoms with E-state index in [9.17, 15) is 8.42 Å². The lowest BCUT2D eigenvalue weighted by atomic mass is 9.96. The highest BCUT2D eigenvalue weighted by atomic mass is 32.2. The summed E-state index contributed by atoms with van der Waals surface area (Å²) in [4.78, 5) is 4.89. The number of sulfonamides is 1. The number of rotatable bonds is 6. The van der Waals surface area contributed by atoms with Crippen LogP contribution in [0.15, 0.2) is 34.2 Å². The molecule has 134 valence electrons. The van der Waals surface area contributed by atoms with Crippen molar-refractivity contribution in [1.82, 2.24) is 15.4 Å². The Morgan fingerprint density at radius 3 is 2.42 bits per heavy atom. The van der Waals surface area contributed by atoms with Gasteiger partial charge in [0.2, 0.25) is 10.0 Å². The second-order valence-corrected chi connectivity index (χ2v) is 7.91. The average Bonchev–Trinajstić information content (AvgIpc) is 2.61. The summed E-state index contributed by atoms with van der Waals surface area (Å²) in [7, 11) is -1.97. The largest absolute Gasteiger partial charge is 0.357 e. The van der Waals surface area contributed by atoms with Crippen molar-refractivity contribution in [2.24, 2.45) is 4.99 Å². The molecule has 1 aromatic rings. The first-order valence-electron chi connectivity index (χ1n) is 8.62. The van der Waals surface area contributed by atoms with E-state index in [0.717, 1.165) is 18.1 Å². The van der Waals surface area contributed by atoms with E-state index in [1.165, 1.54) is 39.2 Å². The molecule has 24 heavy (non-hydrogen) atoms. The van der Waals surface area contributed by atoms with Gasteiger partial charge in [-0.25, -0.2) is 18.1 Å². The topological polar surface area (TPSA) is 82.6 Å². The van der Waals surface area contributed by atoms with Crippen molar-refractivity contribution < 1.29 is 8.42 Å². The predicted octanol–water partition coefficient (Wildman–Crippen LogP) is 1.98. The van der Waals surface area contributed by atoms with Gasteiger partial charge in [-0.1, -0.05) is 31.4 Å². The van der Waals surface area contributed by atoms with Crippen LogP contribution in [0.4, 0.5) is 0 Å². The molecule has 0 aliphatic heterocycles. The molecule has 2 rings (SSSR count). The van der Waals surface area contributed by atoms with E-state index < -0.39 is 10.0 Å². The zero-order chi connectivity index (χ0) is 17.4. The number of hydrogen-bond acceptors (Lipinski definition) is 3. The Morgan fingerprint density at radius 1 is 1.17 bits per heavy atom. The van der Waals surface area contributed by atoms with Gasteiger partial charge >= 0.3 is 0 Å². The van der Waals surface area contributed by atoms with Crippen LogP contribution in [0.2, 0.25) is 0 Å². The van der Waals surface area contributed by atoms with Crippen molar-refractivity contribution in [3.8, 4) is 0 Å². The van der Waals surface area contributed by atoms with Gasteiger partial charge in [0.1, 0.15) is 0 Å². The van der Waals surface area contributed by atoms with Crippen molar-refractivity contribution in [3.05, 3.63) is 29.8 Å². The minimum atomic E-state index is -3.38. The van der Waals surface area contributed by atoms with E-state index in [0.29, 0.717) is 12.6 Å². The van der Waals surface area contributed by atoms with E-state index in [1.54, 1.807) is 24.3 Å². The van der Waals surface area contributed by atoms with E-state index in [2.05, 4.69) is 27.3 Å². The summed E-state index contributed by atoms with van der Waals surface area (Å²) in [5.41, 5.74) is 0.978. The summed E-state index contributed by atoms with van der Waals surface area (Å²) in [6.07, 6.45) is 6.27. The zero-order valence-electron chi connectivity index (χ0n) is 14.5. The van der Waals surface area contributed by atoms with Gasteiger partial charge in [-0.2, -0.15) is 0 Å². The Labute approximate surface area is 145 Å². The Balaban J connectivity index is 1.99. The number of guanidine groups is 1. The van der Waals surface area contributed by atoms with Gasteiger partial charge in [0, 0.05) is 12.6 Å². The normalized spacial score (nSPS) is 16.8. The molecule has 1 aliphatic carbocycles. The average molecular weight is 353 g/mol. The Hall–Kier alpha value is -1.60. The van der Waals surface area contributed by atoms with Crippen molar-refractivity contribution in [2.45, 2.75) is 56.5 Å². The van der Waals surface area contributed by atoms with Crippen molar-refractivity contribution in [3.63, 3.8) is 0 Å². The minimum Gasteiger partial charge on any atom is -0.357 e. The molecule has 0 aromatic heterocycles. The van der Waals surface area contributed by atoms with E-state index >= 15 is 0 Å². The zero-order valence-corrected chi connectivity index (χ0v) is 15.3. The summed E-state index contributed by atoms with van der Waals surface area (Å²) in [5.74, 6) is 0.830. The summed E-state index contributed by atoms with van der Waals surface area (Å²) < 4.78 is 25.8. The molecule has 0 atom stereocenters. The molecule has 0 unspecified atom stereocenters. The lowest BCUT2D eigenvalue weighted by Gasteiger charge is -2.24. The molecule has 0 radical (unpaired) electrons. The van der Waals surface area contributed by atoms with Gasteiger partial charge in [-0.3, -0.25) is 0 Å². The molecule has 0 amide bonds. The Bertz CT molecular complexity index is 635. The van der Waals surface area contributed by atoms with Crippen molar-refractivity contribution in [1.29, 1.82) is 0 Å². The quantitative estimate of drug-likeness (QED) is 0.540. The molecule has 0 spiro atoms. The van der Waals surface area contributed by atoms with Gasteiger partial charge in [-0.05, 0) is 44.5 Å². The molecule has 1 fully saturated rings. The van der Waals surface area contributed by atoms with Crippen LogP contribution >= 0.6 is 0 Å². The fraction of sp³-hybridized carbons (Fsp3) is 0.588. The maximum atomic E-state index is 11.7. The first-order chi connectivity index (χ1) is 11.5. The van der Waals surface area contributed by atoms with E-state index in [4.69, 9.17) is 0 Å². The molecule has 6 nitrogen and oxygen atoms in total. The highest BCUT2D eigenvalue weighted by Gasteiger charge is 2.14. The minimum absolute atomic E-state index is 0.268. The maximum absolute atomic E-state index is 11.7. The molecule has 0 heterocycles. The fourth-order valence-corrected chi connectivity index (χ4v) is 3.55. The SMILES string of the molecule is CCNC(=NCc1ccc(S(=O)(=O)NC)cc1)NC1CCCCC1. The summed E-state index contributed by atoms with van der Waals surface area (Å²) in [6, 6.07) is 7.33. The van der Waals surface area contributed by atoms with Gasteiger partial charge in [0.05, 0.1) is 11.4 Å². The molecule has 1 saturated carbocycles. The fourth-order valence-electron chi connectivity index (χ4n) is 2.82. The monoisotopic (exact) mass is 352 g/mol. The third kappa shape index (κ3) is 5.49. The highest BCUT2D eigenvalue weighted by Crippen LogP contribution is 2.17. The number of benzene rings is 1. The lowest BCUT2D eigenvalue weighted by Crippen LogP contribution is -2.44. The molecule has 1 aromatic carbocycles. The smallest absolute Gasteiger partial charge is 0.240 e. The second kappa shape index (κ2) is 9.03. The Morgan fingerprint density at radius 2 is 1.83 bits per heavy atom. The van der Waals surface area contributed by atoms with Gasteiger partial charge in [0.15, 0.2) is 5.96 Å². The molecule has 7 heteroatoms. The third-order valence-electron chi connectivity index (χ3n) is 4.21. The van der Waals surface area contributed by atoms with Crippen LogP contribution in [-0.4, -0.2) is 34.0 Å². The number of nitrogens with zero attached hydrogens (tertiary/aromatic N) is 1. The van der Waals surface area contributed by atoms with Crippen LogP contribution in [-0.2, 0) is 16.6 Å². The molecule has 0 saturated heterocycles. The lowest BCUT2D eigenvalue weighted by molar-refractivity contribution is 0.410. The Kier molecular flexibility index (Phi) is 7.05. The number of aliphatic imine (C=N–C) groups is 1. The number of nitrogens with one attached hydrogen (secondary N) is 3. The first kappa shape index (κ1) is 18.7. The molecular weight excluding hydrogens is 324 g/mol. The standard InChI is InChI=1S/C17H28N4O2S/c1-3-19-17(21-15-7-5-4-6-8-15)20-13-14-9-11-16(12-10-14)24(22,23)18-2/h9-12,15,18H,3-8,13H2,1-2H3,(H2,19,20,21). The van der Waals surface area contributed by atoms with Crippen molar-refractivity contribution in [2.75, 3.05) is 13.6 Å².